The summed E-state index contributed by atoms with van der Waals surface area (Å²) < 4.78 is 4.94. The normalized spacial score (nSPS) is 12.4. The zero-order valence-electron chi connectivity index (χ0n) is 12.6. The maximum Gasteiger partial charge on any atom is 0.341 e. The summed E-state index contributed by atoms with van der Waals surface area (Å²) in [6.07, 6.45) is 8.51. The van der Waals surface area contributed by atoms with Crippen LogP contribution >= 0.6 is 0 Å². The monoisotopic (exact) mass is 266 g/mol. The van der Waals surface area contributed by atoms with Gasteiger partial charge in [0.05, 0.1) is 0 Å². The lowest BCUT2D eigenvalue weighted by Crippen LogP contribution is -2.16. The van der Waals surface area contributed by atoms with Crippen molar-refractivity contribution < 1.29 is 14.3 Å². The van der Waals surface area contributed by atoms with Gasteiger partial charge >= 0.3 is 11.9 Å². The van der Waals surface area contributed by atoms with Gasteiger partial charge in [0.1, 0.15) is 0 Å². The molecule has 0 heterocycles. The molecule has 108 valence electrons. The van der Waals surface area contributed by atoms with Crippen LogP contribution in [0.2, 0.25) is 0 Å². The molecule has 3 heteroatoms. The third-order valence-electron chi connectivity index (χ3n) is 2.83. The number of unbranched alkanes of at least 4 members (excludes halogenated alkanes) is 2. The Morgan fingerprint density at radius 1 is 0.789 bits per heavy atom. The lowest BCUT2D eigenvalue weighted by molar-refractivity contribution is -0.154. The lowest BCUT2D eigenvalue weighted by atomic mass is 10.1. The number of carbonyl (C=O) groups is 2. The second-order valence-electron chi connectivity index (χ2n) is 4.42. The molecule has 3 nitrogen and oxygen atoms in total. The minimum Gasteiger partial charge on any atom is -0.386 e. The van der Waals surface area contributed by atoms with Crippen LogP contribution in [0.5, 0.6) is 0 Å². The Hall–Kier alpha value is -1.38. The van der Waals surface area contributed by atoms with Gasteiger partial charge in [0.2, 0.25) is 0 Å². The average Bonchev–Trinajstić information content (AvgIpc) is 2.40. The summed E-state index contributed by atoms with van der Waals surface area (Å²) in [6.45, 7) is 7.87. The number of hydrogen-bond acceptors (Lipinski definition) is 3. The number of esters is 2. The van der Waals surface area contributed by atoms with Crippen molar-refractivity contribution >= 4 is 11.9 Å². The van der Waals surface area contributed by atoms with Crippen LogP contribution in [0, 0.1) is 0 Å². The molecule has 0 aromatic rings. The summed E-state index contributed by atoms with van der Waals surface area (Å²) in [5.74, 6) is -1.01. The topological polar surface area (TPSA) is 43.4 Å². The second-order valence-corrected chi connectivity index (χ2v) is 4.42. The van der Waals surface area contributed by atoms with Crippen LogP contribution in [0.3, 0.4) is 0 Å². The van der Waals surface area contributed by atoms with Gasteiger partial charge in [0, 0.05) is 11.1 Å². The van der Waals surface area contributed by atoms with Gasteiger partial charge in [-0.2, -0.15) is 0 Å². The molecular weight excluding hydrogens is 240 g/mol. The van der Waals surface area contributed by atoms with Crippen LogP contribution in [-0.4, -0.2) is 11.9 Å². The van der Waals surface area contributed by atoms with Gasteiger partial charge in [-0.3, -0.25) is 0 Å². The first-order valence-electron chi connectivity index (χ1n) is 7.25. The van der Waals surface area contributed by atoms with E-state index in [-0.39, 0.29) is 0 Å². The van der Waals surface area contributed by atoms with Crippen LogP contribution in [0.25, 0.3) is 0 Å². The smallest absolute Gasteiger partial charge is 0.341 e. The second kappa shape index (κ2) is 10.5. The zero-order valence-corrected chi connectivity index (χ0v) is 12.6. The van der Waals surface area contributed by atoms with E-state index in [0.29, 0.717) is 24.0 Å². The molecule has 0 N–H and O–H groups in total. The van der Waals surface area contributed by atoms with Gasteiger partial charge in [-0.1, -0.05) is 52.7 Å². The zero-order chi connectivity index (χ0) is 14.7. The molecule has 0 unspecified atom stereocenters. The van der Waals surface area contributed by atoms with Crippen molar-refractivity contribution in [2.24, 2.45) is 0 Å². The molecule has 0 amide bonds. The number of ether oxygens (including phenoxy) is 1. The molecule has 0 aromatic carbocycles. The van der Waals surface area contributed by atoms with E-state index in [9.17, 15) is 9.59 Å². The fourth-order valence-corrected chi connectivity index (χ4v) is 1.60. The van der Waals surface area contributed by atoms with Crippen molar-refractivity contribution in [1.29, 1.82) is 0 Å². The molecule has 0 bridgehead atoms. The Morgan fingerprint density at radius 2 is 1.16 bits per heavy atom. The van der Waals surface area contributed by atoms with E-state index in [4.69, 9.17) is 4.74 Å². The number of carbonyl (C=O) groups excluding carboxylic acids is 2. The van der Waals surface area contributed by atoms with E-state index < -0.39 is 11.9 Å². The van der Waals surface area contributed by atoms with E-state index in [0.717, 1.165) is 25.7 Å². The first-order valence-corrected chi connectivity index (χ1v) is 7.25. The van der Waals surface area contributed by atoms with E-state index in [1.165, 1.54) is 0 Å². The third kappa shape index (κ3) is 6.94. The lowest BCUT2D eigenvalue weighted by Gasteiger charge is -2.07. The van der Waals surface area contributed by atoms with E-state index in [2.05, 4.69) is 0 Å². The first kappa shape index (κ1) is 17.6. The van der Waals surface area contributed by atoms with Crippen molar-refractivity contribution in [3.63, 3.8) is 0 Å². The highest BCUT2D eigenvalue weighted by Crippen LogP contribution is 2.11. The summed E-state index contributed by atoms with van der Waals surface area (Å²) in [4.78, 5) is 23.7. The molecule has 0 atom stereocenters. The highest BCUT2D eigenvalue weighted by atomic mass is 16.6. The minimum atomic E-state index is -0.503. The summed E-state index contributed by atoms with van der Waals surface area (Å²) in [7, 11) is 0. The fraction of sp³-hybridized carbons (Fsp3) is 0.625. The van der Waals surface area contributed by atoms with Crippen molar-refractivity contribution in [2.75, 3.05) is 0 Å². The molecule has 0 rings (SSSR count). The predicted octanol–water partition coefficient (Wildman–Crippen LogP) is 4.33. The Morgan fingerprint density at radius 3 is 1.42 bits per heavy atom. The van der Waals surface area contributed by atoms with E-state index in [1.807, 2.05) is 39.8 Å². The highest BCUT2D eigenvalue weighted by Gasteiger charge is 2.16. The number of hydrogen-bond donors (Lipinski definition) is 0. The van der Waals surface area contributed by atoms with Crippen LogP contribution in [0.1, 0.15) is 66.2 Å². The predicted molar refractivity (Wildman–Crippen MR) is 77.7 cm³/mol. The largest absolute Gasteiger partial charge is 0.386 e. The highest BCUT2D eigenvalue weighted by molar-refractivity contribution is 6.01. The Balaban J connectivity index is 4.65. The van der Waals surface area contributed by atoms with E-state index >= 15 is 0 Å². The molecule has 0 aliphatic carbocycles. The Kier molecular flexibility index (Phi) is 9.77. The van der Waals surface area contributed by atoms with Crippen molar-refractivity contribution in [2.45, 2.75) is 66.2 Å². The quantitative estimate of drug-likeness (QED) is 0.373. The molecule has 0 fully saturated rings. The van der Waals surface area contributed by atoms with Gasteiger partial charge in [0.25, 0.3) is 0 Å². The average molecular weight is 266 g/mol. The van der Waals surface area contributed by atoms with Crippen LogP contribution in [-0.2, 0) is 14.3 Å². The first-order chi connectivity index (χ1) is 9.10. The fourth-order valence-electron chi connectivity index (χ4n) is 1.60. The molecule has 0 saturated heterocycles. The summed E-state index contributed by atoms with van der Waals surface area (Å²) in [6, 6.07) is 0. The van der Waals surface area contributed by atoms with Gasteiger partial charge in [-0.25, -0.2) is 9.59 Å². The minimum absolute atomic E-state index is 0.503. The van der Waals surface area contributed by atoms with Crippen molar-refractivity contribution in [3.8, 4) is 0 Å². The van der Waals surface area contributed by atoms with Crippen molar-refractivity contribution in [3.05, 3.63) is 23.3 Å². The molecule has 0 saturated carbocycles. The van der Waals surface area contributed by atoms with E-state index in [1.54, 1.807) is 0 Å². The van der Waals surface area contributed by atoms with Gasteiger partial charge in [-0.05, 0) is 25.7 Å². The Labute approximate surface area is 116 Å². The molecule has 0 radical (unpaired) electrons. The summed E-state index contributed by atoms with van der Waals surface area (Å²) in [5.41, 5.74) is 1.17. The number of allylic oxidation sites excluding steroid dienone is 2. The van der Waals surface area contributed by atoms with Gasteiger partial charge < -0.3 is 4.74 Å². The maximum atomic E-state index is 11.8. The molecule has 0 aliphatic heterocycles. The summed E-state index contributed by atoms with van der Waals surface area (Å²) in [5, 5.41) is 0. The Bertz CT molecular complexity index is 317. The molecule has 19 heavy (non-hydrogen) atoms. The third-order valence-corrected chi connectivity index (χ3v) is 2.83. The SMILES string of the molecule is CCC/C=C(/CC)C(=O)OC(=O)/C(=C\CCC)CC. The molecule has 0 spiro atoms. The van der Waals surface area contributed by atoms with Crippen LogP contribution < -0.4 is 0 Å². The van der Waals surface area contributed by atoms with Crippen molar-refractivity contribution in [1.82, 2.24) is 0 Å². The van der Waals surface area contributed by atoms with Gasteiger partial charge in [-0.15, -0.1) is 0 Å². The van der Waals surface area contributed by atoms with Gasteiger partial charge in [0.15, 0.2) is 0 Å². The standard InChI is InChI=1S/C16H26O3/c1-5-9-11-13(7-3)15(17)19-16(18)14(8-4)12-10-6-2/h11-12H,5-10H2,1-4H3/b13-11-,14-12-. The molecular formula is C16H26O3. The molecule has 0 aromatic heterocycles. The number of rotatable bonds is 8. The molecule has 0 aliphatic rings. The summed E-state index contributed by atoms with van der Waals surface area (Å²) >= 11 is 0. The van der Waals surface area contributed by atoms with Crippen LogP contribution in [0.15, 0.2) is 23.3 Å². The van der Waals surface area contributed by atoms with Crippen LogP contribution in [0.4, 0.5) is 0 Å². The maximum absolute atomic E-state index is 11.8.